The van der Waals surface area contributed by atoms with Crippen molar-refractivity contribution in [3.8, 4) is 11.3 Å². The van der Waals surface area contributed by atoms with Crippen LogP contribution in [-0.4, -0.2) is 15.8 Å². The summed E-state index contributed by atoms with van der Waals surface area (Å²) in [5.74, 6) is 1.68. The van der Waals surface area contributed by atoms with Crippen LogP contribution in [0.2, 0.25) is 0 Å². The van der Waals surface area contributed by atoms with Crippen molar-refractivity contribution in [3.05, 3.63) is 46.5 Å². The Morgan fingerprint density at radius 1 is 1.44 bits per heavy atom. The quantitative estimate of drug-likeness (QED) is 0.472. The molecule has 0 radical (unpaired) electrons. The zero-order chi connectivity index (χ0) is 13.0. The van der Waals surface area contributed by atoms with E-state index in [2.05, 4.69) is 4.98 Å². The van der Waals surface area contributed by atoms with Gasteiger partial charge >= 0.3 is 0 Å². The summed E-state index contributed by atoms with van der Waals surface area (Å²) in [6.07, 6.45) is 3.03. The second-order valence-corrected chi connectivity index (χ2v) is 4.10. The van der Waals surface area contributed by atoms with Crippen LogP contribution >= 0.6 is 11.6 Å². The maximum absolute atomic E-state index is 10.7. The van der Waals surface area contributed by atoms with Gasteiger partial charge in [-0.1, -0.05) is 12.1 Å². The first-order valence-corrected chi connectivity index (χ1v) is 5.99. The Labute approximate surface area is 109 Å². The Bertz CT molecular complexity index is 554. The summed E-state index contributed by atoms with van der Waals surface area (Å²) in [5, 5.41) is 10.7. The first kappa shape index (κ1) is 12.6. The molecule has 0 bridgehead atoms. The summed E-state index contributed by atoms with van der Waals surface area (Å²) in [4.78, 5) is 14.3. The van der Waals surface area contributed by atoms with Gasteiger partial charge in [0, 0.05) is 30.0 Å². The number of aryl methyl sites for hydroxylation is 1. The average Bonchev–Trinajstić information content (AvgIpc) is 2.85. The summed E-state index contributed by atoms with van der Waals surface area (Å²) in [6, 6.07) is 6.27. The van der Waals surface area contributed by atoms with Crippen molar-refractivity contribution in [2.24, 2.45) is 0 Å². The minimum atomic E-state index is -0.436. The Morgan fingerprint density at radius 3 is 3.00 bits per heavy atom. The van der Waals surface area contributed by atoms with Gasteiger partial charge in [0.1, 0.15) is 0 Å². The molecule has 5 nitrogen and oxygen atoms in total. The molecule has 1 aromatic carbocycles. The van der Waals surface area contributed by atoms with E-state index in [1.165, 1.54) is 12.1 Å². The number of aromatic nitrogens is 1. The van der Waals surface area contributed by atoms with Gasteiger partial charge in [0.05, 0.1) is 11.1 Å². The van der Waals surface area contributed by atoms with Crippen LogP contribution in [0, 0.1) is 10.1 Å². The standard InChI is InChI=1S/C12H11ClN2O3/c13-6-2-5-12-14-8-11(18-12)9-3-1-4-10(7-9)15(16)17/h1,3-4,7-8H,2,5-6H2. The number of oxazole rings is 1. The van der Waals surface area contributed by atoms with Gasteiger partial charge in [-0.2, -0.15) is 0 Å². The number of nitrogens with zero attached hydrogens (tertiary/aromatic N) is 2. The Hall–Kier alpha value is -1.88. The summed E-state index contributed by atoms with van der Waals surface area (Å²) >= 11 is 5.59. The number of nitro benzene ring substituents is 1. The molecule has 0 aliphatic carbocycles. The molecule has 0 fully saturated rings. The molecule has 0 saturated heterocycles. The van der Waals surface area contributed by atoms with E-state index < -0.39 is 4.92 Å². The molecule has 2 rings (SSSR count). The number of hydrogen-bond donors (Lipinski definition) is 0. The van der Waals surface area contributed by atoms with E-state index in [4.69, 9.17) is 16.0 Å². The number of hydrogen-bond acceptors (Lipinski definition) is 4. The maximum Gasteiger partial charge on any atom is 0.270 e. The predicted octanol–water partition coefficient (Wildman–Crippen LogP) is 3.42. The second kappa shape index (κ2) is 5.64. The fourth-order valence-electron chi connectivity index (χ4n) is 1.55. The monoisotopic (exact) mass is 266 g/mol. The van der Waals surface area contributed by atoms with Crippen molar-refractivity contribution in [2.75, 3.05) is 5.88 Å². The van der Waals surface area contributed by atoms with E-state index in [9.17, 15) is 10.1 Å². The van der Waals surface area contributed by atoms with E-state index in [1.54, 1.807) is 18.3 Å². The van der Waals surface area contributed by atoms with Crippen molar-refractivity contribution < 1.29 is 9.34 Å². The summed E-state index contributed by atoms with van der Waals surface area (Å²) in [7, 11) is 0. The number of rotatable bonds is 5. The first-order chi connectivity index (χ1) is 8.70. The molecular formula is C12H11ClN2O3. The minimum absolute atomic E-state index is 0.0335. The second-order valence-electron chi connectivity index (χ2n) is 3.72. The van der Waals surface area contributed by atoms with Gasteiger partial charge in [-0.05, 0) is 6.42 Å². The fourth-order valence-corrected chi connectivity index (χ4v) is 1.68. The summed E-state index contributed by atoms with van der Waals surface area (Å²) in [5.41, 5.74) is 0.681. The first-order valence-electron chi connectivity index (χ1n) is 5.46. The van der Waals surface area contributed by atoms with Crippen LogP contribution in [0.25, 0.3) is 11.3 Å². The van der Waals surface area contributed by atoms with Crippen molar-refractivity contribution >= 4 is 17.3 Å². The lowest BCUT2D eigenvalue weighted by Gasteiger charge is -1.96. The number of benzene rings is 1. The van der Waals surface area contributed by atoms with E-state index >= 15 is 0 Å². The van der Waals surface area contributed by atoms with E-state index in [1.807, 2.05) is 0 Å². The Morgan fingerprint density at radius 2 is 2.28 bits per heavy atom. The molecule has 0 N–H and O–H groups in total. The zero-order valence-electron chi connectivity index (χ0n) is 9.51. The van der Waals surface area contributed by atoms with Gasteiger partial charge in [-0.15, -0.1) is 11.6 Å². The number of non-ortho nitro benzene ring substituents is 1. The van der Waals surface area contributed by atoms with E-state index in [-0.39, 0.29) is 5.69 Å². The number of alkyl halides is 1. The molecule has 18 heavy (non-hydrogen) atoms. The maximum atomic E-state index is 10.7. The van der Waals surface area contributed by atoms with Gasteiger partial charge in [0.15, 0.2) is 11.7 Å². The molecule has 0 spiro atoms. The SMILES string of the molecule is O=[N+]([O-])c1cccc(-c2cnc(CCCCl)o2)c1. The third-order valence-corrected chi connectivity index (χ3v) is 2.69. The lowest BCUT2D eigenvalue weighted by molar-refractivity contribution is -0.384. The van der Waals surface area contributed by atoms with Crippen LogP contribution in [-0.2, 0) is 6.42 Å². The van der Waals surface area contributed by atoms with Crippen LogP contribution in [0.5, 0.6) is 0 Å². The third-order valence-electron chi connectivity index (χ3n) is 2.42. The van der Waals surface area contributed by atoms with Crippen molar-refractivity contribution in [1.29, 1.82) is 0 Å². The van der Waals surface area contributed by atoms with Gasteiger partial charge in [-0.25, -0.2) is 4.98 Å². The molecule has 2 aromatic rings. The van der Waals surface area contributed by atoms with Gasteiger partial charge in [-0.3, -0.25) is 10.1 Å². The number of halogens is 1. The molecule has 0 unspecified atom stereocenters. The molecule has 1 aromatic heterocycles. The largest absolute Gasteiger partial charge is 0.441 e. The molecular weight excluding hydrogens is 256 g/mol. The lowest BCUT2D eigenvalue weighted by Crippen LogP contribution is -1.87. The average molecular weight is 267 g/mol. The van der Waals surface area contributed by atoms with Gasteiger partial charge in [0.2, 0.25) is 0 Å². The third kappa shape index (κ3) is 2.87. The highest BCUT2D eigenvalue weighted by Gasteiger charge is 2.10. The predicted molar refractivity (Wildman–Crippen MR) is 67.6 cm³/mol. The Balaban J connectivity index is 2.23. The van der Waals surface area contributed by atoms with Gasteiger partial charge in [0.25, 0.3) is 5.69 Å². The van der Waals surface area contributed by atoms with Crippen LogP contribution in [0.4, 0.5) is 5.69 Å². The lowest BCUT2D eigenvalue weighted by atomic mass is 10.2. The van der Waals surface area contributed by atoms with E-state index in [0.29, 0.717) is 29.5 Å². The topological polar surface area (TPSA) is 69.2 Å². The van der Waals surface area contributed by atoms with Crippen molar-refractivity contribution in [1.82, 2.24) is 4.98 Å². The smallest absolute Gasteiger partial charge is 0.270 e. The highest BCUT2D eigenvalue weighted by molar-refractivity contribution is 6.17. The minimum Gasteiger partial charge on any atom is -0.441 e. The highest BCUT2D eigenvalue weighted by Crippen LogP contribution is 2.24. The normalized spacial score (nSPS) is 10.5. The molecule has 6 heteroatoms. The Kier molecular flexibility index (Phi) is 3.94. The van der Waals surface area contributed by atoms with E-state index in [0.717, 1.165) is 6.42 Å². The van der Waals surface area contributed by atoms with Crippen LogP contribution in [0.1, 0.15) is 12.3 Å². The molecule has 0 aliphatic heterocycles. The number of nitro groups is 1. The molecule has 1 heterocycles. The van der Waals surface area contributed by atoms with Crippen molar-refractivity contribution in [2.45, 2.75) is 12.8 Å². The molecule has 0 amide bonds. The van der Waals surface area contributed by atoms with Crippen LogP contribution in [0.3, 0.4) is 0 Å². The fraction of sp³-hybridized carbons (Fsp3) is 0.250. The molecule has 0 atom stereocenters. The summed E-state index contributed by atoms with van der Waals surface area (Å²) in [6.45, 7) is 0. The zero-order valence-corrected chi connectivity index (χ0v) is 10.3. The molecule has 94 valence electrons. The van der Waals surface area contributed by atoms with Crippen molar-refractivity contribution in [3.63, 3.8) is 0 Å². The van der Waals surface area contributed by atoms with Crippen LogP contribution < -0.4 is 0 Å². The summed E-state index contributed by atoms with van der Waals surface area (Å²) < 4.78 is 5.51. The van der Waals surface area contributed by atoms with Gasteiger partial charge < -0.3 is 4.42 Å². The molecule has 0 aliphatic rings. The molecule has 0 saturated carbocycles. The highest BCUT2D eigenvalue weighted by atomic mass is 35.5. The van der Waals surface area contributed by atoms with Crippen LogP contribution in [0.15, 0.2) is 34.9 Å².